The lowest BCUT2D eigenvalue weighted by Gasteiger charge is -2.24. The molecule has 0 aliphatic rings. The van der Waals surface area contributed by atoms with E-state index in [1.54, 1.807) is 0 Å². The minimum atomic E-state index is -0.403. The van der Waals surface area contributed by atoms with Crippen molar-refractivity contribution in [3.63, 3.8) is 0 Å². The van der Waals surface area contributed by atoms with Crippen LogP contribution in [-0.2, 0) is 6.54 Å². The quantitative estimate of drug-likeness (QED) is 0.821. The van der Waals surface area contributed by atoms with Crippen molar-refractivity contribution in [1.82, 2.24) is 0 Å². The van der Waals surface area contributed by atoms with Crippen LogP contribution in [0.2, 0.25) is 0 Å². The van der Waals surface area contributed by atoms with E-state index in [0.717, 1.165) is 17.8 Å². The summed E-state index contributed by atoms with van der Waals surface area (Å²) in [5.41, 5.74) is 3.20. The molecule has 0 aliphatic heterocycles. The van der Waals surface area contributed by atoms with E-state index < -0.39 is 6.10 Å². The highest BCUT2D eigenvalue weighted by atomic mass is 16.3. The molecule has 3 nitrogen and oxygen atoms in total. The second-order valence-corrected chi connectivity index (χ2v) is 5.15. The van der Waals surface area contributed by atoms with E-state index in [1.165, 1.54) is 5.56 Å². The summed E-state index contributed by atoms with van der Waals surface area (Å²) in [6.07, 6.45) is 0.309. The third-order valence-corrected chi connectivity index (χ3v) is 3.62. The van der Waals surface area contributed by atoms with E-state index in [9.17, 15) is 10.2 Å². The summed E-state index contributed by atoms with van der Waals surface area (Å²) in [6, 6.07) is 18.1. The van der Waals surface area contributed by atoms with Crippen LogP contribution in [0.25, 0.3) is 0 Å². The van der Waals surface area contributed by atoms with Gasteiger partial charge in [0.05, 0.1) is 12.7 Å². The first-order valence-electron chi connectivity index (χ1n) is 7.42. The summed E-state index contributed by atoms with van der Waals surface area (Å²) >= 11 is 0. The number of nitrogens with zero attached hydrogens (tertiary/aromatic N) is 1. The van der Waals surface area contributed by atoms with Gasteiger partial charge in [-0.3, -0.25) is 0 Å². The lowest BCUT2D eigenvalue weighted by molar-refractivity contribution is 0.173. The number of aliphatic hydroxyl groups is 2. The molecule has 0 saturated carbocycles. The molecule has 112 valence electrons. The topological polar surface area (TPSA) is 43.7 Å². The van der Waals surface area contributed by atoms with Crippen LogP contribution in [0.5, 0.6) is 0 Å². The van der Waals surface area contributed by atoms with Gasteiger partial charge in [0.15, 0.2) is 0 Å². The second kappa shape index (κ2) is 7.81. The predicted molar refractivity (Wildman–Crippen MR) is 86.3 cm³/mol. The van der Waals surface area contributed by atoms with E-state index >= 15 is 0 Å². The molecule has 0 spiro atoms. The molecule has 0 amide bonds. The molecule has 0 aromatic heterocycles. The van der Waals surface area contributed by atoms with Crippen LogP contribution in [0.1, 0.15) is 30.6 Å². The first-order chi connectivity index (χ1) is 10.2. The van der Waals surface area contributed by atoms with Gasteiger partial charge in [0.2, 0.25) is 0 Å². The summed E-state index contributed by atoms with van der Waals surface area (Å²) in [6.45, 7) is 3.43. The van der Waals surface area contributed by atoms with Gasteiger partial charge < -0.3 is 15.1 Å². The molecule has 0 heterocycles. The lowest BCUT2D eigenvalue weighted by Crippen LogP contribution is -2.26. The van der Waals surface area contributed by atoms with Gasteiger partial charge >= 0.3 is 0 Å². The Labute approximate surface area is 126 Å². The van der Waals surface area contributed by atoms with Gasteiger partial charge in [0.1, 0.15) is 0 Å². The zero-order chi connectivity index (χ0) is 15.1. The van der Waals surface area contributed by atoms with Crippen molar-refractivity contribution >= 4 is 5.69 Å². The van der Waals surface area contributed by atoms with Crippen molar-refractivity contribution in [2.45, 2.75) is 26.0 Å². The number of hydrogen-bond acceptors (Lipinski definition) is 3. The van der Waals surface area contributed by atoms with E-state index in [0.29, 0.717) is 13.0 Å². The Balaban J connectivity index is 2.14. The minimum Gasteiger partial charge on any atom is -0.395 e. The fourth-order valence-electron chi connectivity index (χ4n) is 2.37. The highest BCUT2D eigenvalue weighted by Crippen LogP contribution is 2.22. The van der Waals surface area contributed by atoms with Gasteiger partial charge in [-0.05, 0) is 29.7 Å². The van der Waals surface area contributed by atoms with Crippen LogP contribution in [-0.4, -0.2) is 23.4 Å². The molecular formula is C18H23NO2. The molecule has 0 radical (unpaired) electrons. The molecule has 2 rings (SSSR count). The largest absolute Gasteiger partial charge is 0.395 e. The molecular weight excluding hydrogens is 262 g/mol. The van der Waals surface area contributed by atoms with Crippen LogP contribution in [0.4, 0.5) is 5.69 Å². The fraction of sp³-hybridized carbons (Fsp3) is 0.333. The Bertz CT molecular complexity index is 525. The third-order valence-electron chi connectivity index (χ3n) is 3.62. The highest BCUT2D eigenvalue weighted by molar-refractivity contribution is 5.48. The van der Waals surface area contributed by atoms with Crippen LogP contribution in [0, 0.1) is 0 Å². The lowest BCUT2D eigenvalue weighted by atomic mass is 10.1. The maximum atomic E-state index is 9.84. The van der Waals surface area contributed by atoms with Crippen LogP contribution in [0.15, 0.2) is 54.6 Å². The molecule has 2 aromatic rings. The fourth-order valence-corrected chi connectivity index (χ4v) is 2.37. The summed E-state index contributed by atoms with van der Waals surface area (Å²) in [4.78, 5) is 2.14. The van der Waals surface area contributed by atoms with Crippen LogP contribution >= 0.6 is 0 Å². The van der Waals surface area contributed by atoms with Gasteiger partial charge in [-0.15, -0.1) is 0 Å². The molecule has 0 unspecified atom stereocenters. The van der Waals surface area contributed by atoms with Gasteiger partial charge in [-0.2, -0.15) is 0 Å². The SMILES string of the molecule is CC[C@H](O)c1ccc(N(CCO)Cc2ccccc2)cc1. The van der Waals surface area contributed by atoms with Gasteiger partial charge in [0, 0.05) is 18.8 Å². The summed E-state index contributed by atoms with van der Waals surface area (Å²) in [5, 5.41) is 19.1. The predicted octanol–water partition coefficient (Wildman–Crippen LogP) is 3.13. The standard InChI is InChI=1S/C18H23NO2/c1-2-18(21)16-8-10-17(11-9-16)19(12-13-20)14-15-6-4-3-5-7-15/h3-11,18,20-21H,2,12-14H2,1H3/t18-/m0/s1. The molecule has 3 heteroatoms. The minimum absolute atomic E-state index is 0.117. The number of aliphatic hydroxyl groups excluding tert-OH is 2. The maximum Gasteiger partial charge on any atom is 0.0787 e. The number of hydrogen-bond donors (Lipinski definition) is 2. The van der Waals surface area contributed by atoms with Crippen molar-refractivity contribution in [3.8, 4) is 0 Å². The van der Waals surface area contributed by atoms with E-state index in [1.807, 2.05) is 49.4 Å². The Morgan fingerprint density at radius 1 is 1.00 bits per heavy atom. The van der Waals surface area contributed by atoms with Crippen LogP contribution in [0.3, 0.4) is 0 Å². The molecule has 21 heavy (non-hydrogen) atoms. The smallest absolute Gasteiger partial charge is 0.0787 e. The third kappa shape index (κ3) is 4.31. The van der Waals surface area contributed by atoms with Gasteiger partial charge in [0.25, 0.3) is 0 Å². The monoisotopic (exact) mass is 285 g/mol. The van der Waals surface area contributed by atoms with Gasteiger partial charge in [-0.25, -0.2) is 0 Å². The van der Waals surface area contributed by atoms with E-state index in [2.05, 4.69) is 17.0 Å². The highest BCUT2D eigenvalue weighted by Gasteiger charge is 2.09. The molecule has 0 aliphatic carbocycles. The first kappa shape index (κ1) is 15.5. The molecule has 2 N–H and O–H groups in total. The molecule has 0 bridgehead atoms. The summed E-state index contributed by atoms with van der Waals surface area (Å²) in [7, 11) is 0. The second-order valence-electron chi connectivity index (χ2n) is 5.15. The average Bonchev–Trinajstić information content (AvgIpc) is 2.55. The summed E-state index contributed by atoms with van der Waals surface area (Å²) in [5.74, 6) is 0. The normalized spacial score (nSPS) is 12.1. The molecule has 0 saturated heterocycles. The van der Waals surface area contributed by atoms with Crippen LogP contribution < -0.4 is 4.90 Å². The Morgan fingerprint density at radius 2 is 1.67 bits per heavy atom. The molecule has 0 fully saturated rings. The zero-order valence-corrected chi connectivity index (χ0v) is 12.4. The Hall–Kier alpha value is -1.84. The number of benzene rings is 2. The van der Waals surface area contributed by atoms with Crippen molar-refractivity contribution in [1.29, 1.82) is 0 Å². The van der Waals surface area contributed by atoms with E-state index in [4.69, 9.17) is 0 Å². The molecule has 1 atom stereocenters. The van der Waals surface area contributed by atoms with Crippen molar-refractivity contribution in [2.75, 3.05) is 18.1 Å². The first-order valence-corrected chi connectivity index (χ1v) is 7.42. The van der Waals surface area contributed by atoms with Crippen molar-refractivity contribution in [3.05, 3.63) is 65.7 Å². The average molecular weight is 285 g/mol. The van der Waals surface area contributed by atoms with Gasteiger partial charge in [-0.1, -0.05) is 49.4 Å². The maximum absolute atomic E-state index is 9.84. The summed E-state index contributed by atoms with van der Waals surface area (Å²) < 4.78 is 0. The number of rotatable bonds is 7. The Kier molecular flexibility index (Phi) is 5.78. The molecule has 2 aromatic carbocycles. The van der Waals surface area contributed by atoms with Crippen molar-refractivity contribution in [2.24, 2.45) is 0 Å². The Morgan fingerprint density at radius 3 is 2.24 bits per heavy atom. The zero-order valence-electron chi connectivity index (χ0n) is 12.4. The van der Waals surface area contributed by atoms with Crippen molar-refractivity contribution < 1.29 is 10.2 Å². The van der Waals surface area contributed by atoms with E-state index in [-0.39, 0.29) is 6.61 Å². The number of anilines is 1.